The van der Waals surface area contributed by atoms with Crippen LogP contribution in [0.5, 0.6) is 0 Å². The summed E-state index contributed by atoms with van der Waals surface area (Å²) in [5.41, 5.74) is -0.388. The van der Waals surface area contributed by atoms with Gasteiger partial charge in [0.1, 0.15) is 0 Å². The van der Waals surface area contributed by atoms with E-state index in [-0.39, 0.29) is 30.8 Å². The summed E-state index contributed by atoms with van der Waals surface area (Å²) in [7, 11) is 0. The summed E-state index contributed by atoms with van der Waals surface area (Å²) >= 11 is 0. The molecule has 126 valence electrons. The normalized spacial score (nSPS) is 19.8. The molecule has 23 heavy (non-hydrogen) atoms. The molecule has 0 aromatic heterocycles. The van der Waals surface area contributed by atoms with Crippen LogP contribution in [0.3, 0.4) is 0 Å². The molecule has 1 aliphatic heterocycles. The third-order valence-corrected chi connectivity index (χ3v) is 4.00. The number of hydrogen-bond acceptors (Lipinski definition) is 2. The van der Waals surface area contributed by atoms with Gasteiger partial charge >= 0.3 is 6.18 Å². The van der Waals surface area contributed by atoms with Gasteiger partial charge in [0.25, 0.3) is 0 Å². The molecule has 1 N–H and O–H groups in total. The summed E-state index contributed by atoms with van der Waals surface area (Å²) in [6.45, 7) is 4.01. The second-order valence-electron chi connectivity index (χ2n) is 5.77. The van der Waals surface area contributed by atoms with E-state index in [0.717, 1.165) is 18.6 Å². The van der Waals surface area contributed by atoms with Crippen molar-refractivity contribution in [1.29, 1.82) is 0 Å². The van der Waals surface area contributed by atoms with Crippen molar-refractivity contribution in [1.82, 2.24) is 5.32 Å². The zero-order valence-electron chi connectivity index (χ0n) is 13.0. The molecule has 1 saturated heterocycles. The fourth-order valence-electron chi connectivity index (χ4n) is 2.43. The molecule has 2 unspecified atom stereocenters. The molecule has 1 fully saturated rings. The summed E-state index contributed by atoms with van der Waals surface area (Å²) in [5.74, 6) is -0.921. The number of alkyl halides is 3. The van der Waals surface area contributed by atoms with Gasteiger partial charge in [-0.2, -0.15) is 13.2 Å². The molecular formula is C16H19F3N2O2. The molecule has 1 aromatic carbocycles. The van der Waals surface area contributed by atoms with Crippen LogP contribution >= 0.6 is 0 Å². The van der Waals surface area contributed by atoms with E-state index < -0.39 is 17.7 Å². The van der Waals surface area contributed by atoms with Crippen molar-refractivity contribution in [3.8, 4) is 0 Å². The Hall–Kier alpha value is -2.05. The lowest BCUT2D eigenvalue weighted by molar-refractivity contribution is -0.137. The van der Waals surface area contributed by atoms with Gasteiger partial charge in [-0.05, 0) is 37.6 Å². The lowest BCUT2D eigenvalue weighted by Gasteiger charge is -2.18. The van der Waals surface area contributed by atoms with Gasteiger partial charge in [-0.25, -0.2) is 0 Å². The molecule has 0 saturated carbocycles. The van der Waals surface area contributed by atoms with Gasteiger partial charge < -0.3 is 10.2 Å². The Balaban J connectivity index is 2.07. The van der Waals surface area contributed by atoms with E-state index in [4.69, 9.17) is 0 Å². The van der Waals surface area contributed by atoms with Crippen molar-refractivity contribution in [3.05, 3.63) is 29.8 Å². The van der Waals surface area contributed by atoms with Gasteiger partial charge in [-0.15, -0.1) is 0 Å². The highest BCUT2D eigenvalue weighted by Crippen LogP contribution is 2.32. The SMILES string of the molecule is CCC(C)NC(=O)C1CC(=O)N(c2ccc(C(F)(F)F)cc2)C1. The molecule has 1 aromatic rings. The minimum atomic E-state index is -4.41. The molecule has 0 bridgehead atoms. The number of anilines is 1. The third kappa shape index (κ3) is 4.03. The quantitative estimate of drug-likeness (QED) is 0.924. The number of halogens is 3. The number of nitrogens with one attached hydrogen (secondary N) is 1. The Labute approximate surface area is 132 Å². The first-order chi connectivity index (χ1) is 10.7. The van der Waals surface area contributed by atoms with Crippen LogP contribution in [-0.2, 0) is 15.8 Å². The van der Waals surface area contributed by atoms with Crippen molar-refractivity contribution >= 4 is 17.5 Å². The molecular weight excluding hydrogens is 309 g/mol. The van der Waals surface area contributed by atoms with Crippen molar-refractivity contribution in [2.75, 3.05) is 11.4 Å². The van der Waals surface area contributed by atoms with E-state index in [9.17, 15) is 22.8 Å². The van der Waals surface area contributed by atoms with Crippen LogP contribution in [0.15, 0.2) is 24.3 Å². The molecule has 0 spiro atoms. The summed E-state index contributed by atoms with van der Waals surface area (Å²) in [5, 5.41) is 2.83. The number of rotatable bonds is 4. The van der Waals surface area contributed by atoms with E-state index in [2.05, 4.69) is 5.32 Å². The zero-order valence-corrected chi connectivity index (χ0v) is 13.0. The molecule has 0 radical (unpaired) electrons. The number of carbonyl (C=O) groups excluding carboxylic acids is 2. The summed E-state index contributed by atoms with van der Waals surface area (Å²) < 4.78 is 37.7. The number of hydrogen-bond donors (Lipinski definition) is 1. The largest absolute Gasteiger partial charge is 0.416 e. The second kappa shape index (κ2) is 6.60. The minimum absolute atomic E-state index is 0.0257. The van der Waals surface area contributed by atoms with E-state index >= 15 is 0 Å². The topological polar surface area (TPSA) is 49.4 Å². The molecule has 2 rings (SSSR count). The van der Waals surface area contributed by atoms with Gasteiger partial charge in [-0.3, -0.25) is 9.59 Å². The zero-order chi connectivity index (χ0) is 17.2. The van der Waals surface area contributed by atoms with Crippen LogP contribution in [0.1, 0.15) is 32.3 Å². The van der Waals surface area contributed by atoms with Crippen LogP contribution in [-0.4, -0.2) is 24.4 Å². The number of nitrogens with zero attached hydrogens (tertiary/aromatic N) is 1. The first kappa shape index (κ1) is 17.3. The van der Waals surface area contributed by atoms with Gasteiger partial charge in [0.05, 0.1) is 11.5 Å². The van der Waals surface area contributed by atoms with Crippen molar-refractivity contribution in [3.63, 3.8) is 0 Å². The standard InChI is InChI=1S/C16H19F3N2O2/c1-3-10(2)20-15(23)11-8-14(22)21(9-11)13-6-4-12(5-7-13)16(17,18)19/h4-7,10-11H,3,8-9H2,1-2H3,(H,20,23). The fraction of sp³-hybridized carbons (Fsp3) is 0.500. The maximum Gasteiger partial charge on any atom is 0.416 e. The lowest BCUT2D eigenvalue weighted by atomic mass is 10.1. The van der Waals surface area contributed by atoms with Gasteiger partial charge in [-0.1, -0.05) is 6.92 Å². The Morgan fingerprint density at radius 3 is 2.48 bits per heavy atom. The van der Waals surface area contributed by atoms with Gasteiger partial charge in [0, 0.05) is 24.7 Å². The highest BCUT2D eigenvalue weighted by Gasteiger charge is 2.36. The molecule has 2 atom stereocenters. The first-order valence-electron chi connectivity index (χ1n) is 7.50. The van der Waals surface area contributed by atoms with Crippen molar-refractivity contribution < 1.29 is 22.8 Å². The lowest BCUT2D eigenvalue weighted by Crippen LogP contribution is -2.38. The smallest absolute Gasteiger partial charge is 0.353 e. The number of benzene rings is 1. The predicted molar refractivity (Wildman–Crippen MR) is 79.8 cm³/mol. The van der Waals surface area contributed by atoms with E-state index in [1.807, 2.05) is 13.8 Å². The molecule has 1 heterocycles. The molecule has 0 aliphatic carbocycles. The number of carbonyl (C=O) groups is 2. The van der Waals surface area contributed by atoms with Crippen molar-refractivity contribution in [2.24, 2.45) is 5.92 Å². The summed E-state index contributed by atoms with van der Waals surface area (Å²) in [4.78, 5) is 25.5. The van der Waals surface area contributed by atoms with Crippen LogP contribution in [0.4, 0.5) is 18.9 Å². The van der Waals surface area contributed by atoms with Crippen LogP contribution in [0.25, 0.3) is 0 Å². The Kier molecular flexibility index (Phi) is 4.97. The van der Waals surface area contributed by atoms with Gasteiger partial charge in [0.15, 0.2) is 0 Å². The average molecular weight is 328 g/mol. The van der Waals surface area contributed by atoms with Crippen molar-refractivity contribution in [2.45, 2.75) is 38.9 Å². The Morgan fingerprint density at radius 1 is 1.35 bits per heavy atom. The van der Waals surface area contributed by atoms with Crippen LogP contribution in [0.2, 0.25) is 0 Å². The van der Waals surface area contributed by atoms with Crippen LogP contribution < -0.4 is 10.2 Å². The monoisotopic (exact) mass is 328 g/mol. The predicted octanol–water partition coefficient (Wildman–Crippen LogP) is 2.97. The summed E-state index contributed by atoms with van der Waals surface area (Å²) in [6.07, 6.45) is -3.55. The molecule has 7 heteroatoms. The summed E-state index contributed by atoms with van der Waals surface area (Å²) in [6, 6.07) is 4.42. The highest BCUT2D eigenvalue weighted by atomic mass is 19.4. The third-order valence-electron chi connectivity index (χ3n) is 4.00. The van der Waals surface area contributed by atoms with E-state index in [0.29, 0.717) is 5.69 Å². The maximum absolute atomic E-state index is 12.6. The number of amides is 2. The van der Waals surface area contributed by atoms with Gasteiger partial charge in [0.2, 0.25) is 11.8 Å². The second-order valence-corrected chi connectivity index (χ2v) is 5.77. The van der Waals surface area contributed by atoms with E-state index in [1.54, 1.807) is 0 Å². The Morgan fingerprint density at radius 2 is 1.96 bits per heavy atom. The fourth-order valence-corrected chi connectivity index (χ4v) is 2.43. The molecule has 4 nitrogen and oxygen atoms in total. The minimum Gasteiger partial charge on any atom is -0.353 e. The molecule has 1 aliphatic rings. The van der Waals surface area contributed by atoms with Crippen LogP contribution in [0, 0.1) is 5.92 Å². The highest BCUT2D eigenvalue weighted by molar-refractivity contribution is 6.00. The van der Waals surface area contributed by atoms with E-state index in [1.165, 1.54) is 17.0 Å². The first-order valence-corrected chi connectivity index (χ1v) is 7.50. The maximum atomic E-state index is 12.6. The molecule has 2 amide bonds. The Bertz CT molecular complexity index is 584. The average Bonchev–Trinajstić information content (AvgIpc) is 2.88.